The highest BCUT2D eigenvalue weighted by Crippen LogP contribution is 2.16. The molecule has 0 aliphatic rings. The summed E-state index contributed by atoms with van der Waals surface area (Å²) in [6, 6.07) is 0. The molecule has 0 N–H and O–H groups in total. The molecule has 0 aliphatic carbocycles. The minimum Gasteiger partial charge on any atom is -0.462 e. The van der Waals surface area contributed by atoms with Gasteiger partial charge in [-0.2, -0.15) is 0 Å². The summed E-state index contributed by atoms with van der Waals surface area (Å²) >= 11 is 0. The van der Waals surface area contributed by atoms with E-state index < -0.39 is 6.10 Å². The third-order valence-corrected chi connectivity index (χ3v) is 14.7. The van der Waals surface area contributed by atoms with Crippen LogP contribution in [0.5, 0.6) is 0 Å². The van der Waals surface area contributed by atoms with Crippen LogP contribution in [0, 0.1) is 0 Å². The van der Waals surface area contributed by atoms with E-state index in [-0.39, 0.29) is 31.1 Å². The Labute approximate surface area is 507 Å². The van der Waals surface area contributed by atoms with E-state index in [0.717, 1.165) is 135 Å². The summed E-state index contributed by atoms with van der Waals surface area (Å²) in [7, 11) is 0. The van der Waals surface area contributed by atoms with Gasteiger partial charge in [-0.05, 0) is 128 Å². The van der Waals surface area contributed by atoms with Gasteiger partial charge in [-0.25, -0.2) is 0 Å². The number of unbranched alkanes of at least 4 members (excludes halogenated alkanes) is 31. The zero-order valence-electron chi connectivity index (χ0n) is 53.7. The maximum atomic E-state index is 12.9. The Morgan fingerprint density at radius 1 is 0.256 bits per heavy atom. The predicted octanol–water partition coefficient (Wildman–Crippen LogP) is 23.9. The van der Waals surface area contributed by atoms with Crippen molar-refractivity contribution in [3.8, 4) is 0 Å². The Morgan fingerprint density at radius 3 is 0.805 bits per heavy atom. The molecule has 0 radical (unpaired) electrons. The molecule has 0 fully saturated rings. The standard InChI is InChI=1S/C76H128O6/c1-4-7-10-13-16-19-22-24-26-28-30-32-34-36-37-38-39-41-42-44-46-48-50-52-54-57-60-63-66-69-75(78)81-72-73(71-80-74(77)68-65-62-59-56-21-18-15-12-9-6-3)82-76(79)70-67-64-61-58-55-53-51-49-47-45-43-40-35-33-31-29-27-25-23-20-17-14-11-8-5-2/h7,10,12,15-16,19,23-26,29-32,36-37,39,41,44,46,73H,4-6,8-9,11,13-14,17-18,20-22,27-28,33-35,38,40,42-43,45,47-72H2,1-3H3/b10-7-,15-12-,19-16-,25-23-,26-24-,31-29-,32-30-,37-36-,41-39-,46-44-. The van der Waals surface area contributed by atoms with Crippen molar-refractivity contribution in [2.75, 3.05) is 13.2 Å². The quantitative estimate of drug-likeness (QED) is 0.0261. The van der Waals surface area contributed by atoms with Gasteiger partial charge in [0.1, 0.15) is 13.2 Å². The van der Waals surface area contributed by atoms with E-state index in [4.69, 9.17) is 14.2 Å². The largest absolute Gasteiger partial charge is 0.462 e. The molecule has 0 bridgehead atoms. The Balaban J connectivity index is 4.25. The highest BCUT2D eigenvalue weighted by Gasteiger charge is 2.19. The van der Waals surface area contributed by atoms with Crippen LogP contribution >= 0.6 is 0 Å². The lowest BCUT2D eigenvalue weighted by molar-refractivity contribution is -0.167. The molecule has 6 nitrogen and oxygen atoms in total. The van der Waals surface area contributed by atoms with E-state index in [1.807, 2.05) is 0 Å². The summed E-state index contributed by atoms with van der Waals surface area (Å²) in [6.07, 6.45) is 96.5. The second-order valence-electron chi connectivity index (χ2n) is 22.7. The number of hydrogen-bond donors (Lipinski definition) is 0. The zero-order chi connectivity index (χ0) is 59.2. The summed E-state index contributed by atoms with van der Waals surface area (Å²) in [6.45, 7) is 6.46. The Hall–Kier alpha value is -4.19. The van der Waals surface area contributed by atoms with Crippen LogP contribution in [0.2, 0.25) is 0 Å². The number of ether oxygens (including phenoxy) is 3. The second kappa shape index (κ2) is 69.3. The summed E-state index contributed by atoms with van der Waals surface area (Å²) < 4.78 is 16.9. The third-order valence-electron chi connectivity index (χ3n) is 14.7. The summed E-state index contributed by atoms with van der Waals surface area (Å²) in [5.41, 5.74) is 0. The van der Waals surface area contributed by atoms with Gasteiger partial charge in [0.05, 0.1) is 0 Å². The lowest BCUT2D eigenvalue weighted by Gasteiger charge is -2.18. The number of allylic oxidation sites excluding steroid dienone is 20. The van der Waals surface area contributed by atoms with Gasteiger partial charge in [-0.1, -0.05) is 296 Å². The average molecular weight is 1140 g/mol. The van der Waals surface area contributed by atoms with Gasteiger partial charge in [-0.15, -0.1) is 0 Å². The monoisotopic (exact) mass is 1140 g/mol. The molecule has 1 unspecified atom stereocenters. The minimum atomic E-state index is -0.790. The van der Waals surface area contributed by atoms with Crippen molar-refractivity contribution in [2.24, 2.45) is 0 Å². The highest BCUT2D eigenvalue weighted by atomic mass is 16.6. The molecule has 0 aromatic carbocycles. The molecule has 1 atom stereocenters. The molecule has 0 aromatic heterocycles. The van der Waals surface area contributed by atoms with Gasteiger partial charge in [0, 0.05) is 19.3 Å². The summed E-state index contributed by atoms with van der Waals surface area (Å²) in [5.74, 6) is -0.901. The molecule has 0 amide bonds. The van der Waals surface area contributed by atoms with E-state index >= 15 is 0 Å². The first kappa shape index (κ1) is 77.8. The van der Waals surface area contributed by atoms with Crippen LogP contribution in [0.1, 0.15) is 323 Å². The first-order valence-corrected chi connectivity index (χ1v) is 34.5. The van der Waals surface area contributed by atoms with Crippen molar-refractivity contribution in [3.63, 3.8) is 0 Å². The van der Waals surface area contributed by atoms with Crippen LogP contribution in [0.3, 0.4) is 0 Å². The van der Waals surface area contributed by atoms with Crippen LogP contribution < -0.4 is 0 Å². The lowest BCUT2D eigenvalue weighted by atomic mass is 10.0. The number of esters is 3. The molecule has 6 heteroatoms. The third kappa shape index (κ3) is 66.6. The fourth-order valence-corrected chi connectivity index (χ4v) is 9.52. The summed E-state index contributed by atoms with van der Waals surface area (Å²) in [4.78, 5) is 38.3. The first-order valence-electron chi connectivity index (χ1n) is 34.5. The average Bonchev–Trinajstić information content (AvgIpc) is 3.48. The number of rotatable bonds is 62. The highest BCUT2D eigenvalue weighted by molar-refractivity contribution is 5.71. The minimum absolute atomic E-state index is 0.0868. The van der Waals surface area contributed by atoms with Crippen molar-refractivity contribution < 1.29 is 28.6 Å². The number of carbonyl (C=O) groups is 3. The predicted molar refractivity (Wildman–Crippen MR) is 357 cm³/mol. The van der Waals surface area contributed by atoms with Crippen molar-refractivity contribution >= 4 is 17.9 Å². The Kier molecular flexibility index (Phi) is 65.8. The molecule has 0 rings (SSSR count). The van der Waals surface area contributed by atoms with Crippen molar-refractivity contribution in [2.45, 2.75) is 329 Å². The summed E-state index contributed by atoms with van der Waals surface area (Å²) in [5, 5.41) is 0. The van der Waals surface area contributed by atoms with E-state index in [1.54, 1.807) is 0 Å². The van der Waals surface area contributed by atoms with Gasteiger partial charge in [0.2, 0.25) is 0 Å². The fraction of sp³-hybridized carbons (Fsp3) is 0.697. The molecule has 0 spiro atoms. The molecule has 0 saturated heterocycles. The van der Waals surface area contributed by atoms with E-state index in [1.165, 1.54) is 148 Å². The van der Waals surface area contributed by atoms with Crippen molar-refractivity contribution in [1.29, 1.82) is 0 Å². The van der Waals surface area contributed by atoms with E-state index in [9.17, 15) is 14.4 Å². The Morgan fingerprint density at radius 2 is 0.500 bits per heavy atom. The first-order chi connectivity index (χ1) is 40.5. The van der Waals surface area contributed by atoms with Gasteiger partial charge in [0.15, 0.2) is 6.10 Å². The zero-order valence-corrected chi connectivity index (χ0v) is 53.7. The molecule has 0 aliphatic heterocycles. The smallest absolute Gasteiger partial charge is 0.306 e. The van der Waals surface area contributed by atoms with Crippen LogP contribution in [0.4, 0.5) is 0 Å². The van der Waals surface area contributed by atoms with Crippen LogP contribution in [0.15, 0.2) is 122 Å². The van der Waals surface area contributed by atoms with Gasteiger partial charge < -0.3 is 14.2 Å². The molecule has 0 saturated carbocycles. The number of carbonyl (C=O) groups excluding carboxylic acids is 3. The van der Waals surface area contributed by atoms with E-state index in [0.29, 0.717) is 19.3 Å². The number of hydrogen-bond acceptors (Lipinski definition) is 6. The van der Waals surface area contributed by atoms with Crippen molar-refractivity contribution in [1.82, 2.24) is 0 Å². The van der Waals surface area contributed by atoms with Crippen LogP contribution in [-0.4, -0.2) is 37.2 Å². The second-order valence-corrected chi connectivity index (χ2v) is 22.7. The fourth-order valence-electron chi connectivity index (χ4n) is 9.52. The Bertz CT molecular complexity index is 1690. The maximum Gasteiger partial charge on any atom is 0.306 e. The molecular weight excluding hydrogens is 1010 g/mol. The maximum absolute atomic E-state index is 12.9. The SMILES string of the molecule is CC/C=C\C/C=C\C/C=C\C/C=C\C/C=C\C/C=C\C/C=C\CCCCCCCCCC(=O)OCC(COC(=O)CCCCCCC/C=C\CCC)OC(=O)CCCCCCCCCCCCCCC/C=C\C/C=C\CCCCCCC. The molecule has 0 aromatic rings. The van der Waals surface area contributed by atoms with Gasteiger partial charge in [0.25, 0.3) is 0 Å². The lowest BCUT2D eigenvalue weighted by Crippen LogP contribution is -2.30. The molecular formula is C76H128O6. The van der Waals surface area contributed by atoms with Crippen molar-refractivity contribution in [3.05, 3.63) is 122 Å². The molecule has 0 heterocycles. The van der Waals surface area contributed by atoms with Crippen LogP contribution in [-0.2, 0) is 28.6 Å². The topological polar surface area (TPSA) is 78.9 Å². The normalized spacial score (nSPS) is 12.9. The molecule has 82 heavy (non-hydrogen) atoms. The van der Waals surface area contributed by atoms with Crippen LogP contribution in [0.25, 0.3) is 0 Å². The molecule has 468 valence electrons. The van der Waals surface area contributed by atoms with Gasteiger partial charge in [-0.3, -0.25) is 14.4 Å². The van der Waals surface area contributed by atoms with E-state index in [2.05, 4.69) is 142 Å². The van der Waals surface area contributed by atoms with Gasteiger partial charge >= 0.3 is 17.9 Å².